The standard InChI is InChI=1S/C23H27F4OSi/c1-2-3-4-13-29-14-11-17(12-15-29)19-7-10-21(22(24)16-19)18-5-8-20(9-6-18)28-23(25,26)27/h5-10,16-17H,2-4,11-15H2,1H3. The summed E-state index contributed by atoms with van der Waals surface area (Å²) in [5, 5.41) is 0. The zero-order valence-electron chi connectivity index (χ0n) is 16.7. The monoisotopic (exact) mass is 423 g/mol. The van der Waals surface area contributed by atoms with Crippen molar-refractivity contribution in [2.24, 2.45) is 0 Å². The molecule has 157 valence electrons. The van der Waals surface area contributed by atoms with Crippen LogP contribution in [-0.2, 0) is 0 Å². The Hall–Kier alpha value is -1.82. The van der Waals surface area contributed by atoms with E-state index in [2.05, 4.69) is 11.7 Å². The van der Waals surface area contributed by atoms with E-state index in [-0.39, 0.29) is 20.4 Å². The van der Waals surface area contributed by atoms with Gasteiger partial charge in [-0.25, -0.2) is 4.39 Å². The third kappa shape index (κ3) is 6.33. The molecule has 0 amide bonds. The average molecular weight is 424 g/mol. The van der Waals surface area contributed by atoms with E-state index in [4.69, 9.17) is 0 Å². The SMILES string of the molecule is CCCCC[Si]1CCC(c2ccc(-c3ccc(OC(F)(F)F)cc3)c(F)c2)CC1. The summed E-state index contributed by atoms with van der Waals surface area (Å²) in [5.41, 5.74) is 1.97. The predicted octanol–water partition coefficient (Wildman–Crippen LogP) is 7.95. The van der Waals surface area contributed by atoms with Crippen molar-refractivity contribution in [2.45, 2.75) is 69.4 Å². The van der Waals surface area contributed by atoms with Gasteiger partial charge in [-0.3, -0.25) is 0 Å². The molecule has 0 N–H and O–H groups in total. The molecule has 0 aromatic heterocycles. The van der Waals surface area contributed by atoms with Crippen LogP contribution in [0.3, 0.4) is 0 Å². The average Bonchev–Trinajstić information content (AvgIpc) is 2.68. The van der Waals surface area contributed by atoms with Crippen LogP contribution in [0.5, 0.6) is 5.75 Å². The first-order valence-electron chi connectivity index (χ1n) is 10.3. The summed E-state index contributed by atoms with van der Waals surface area (Å²) >= 11 is 0. The first kappa shape index (κ1) is 21.9. The van der Waals surface area contributed by atoms with E-state index >= 15 is 0 Å². The van der Waals surface area contributed by atoms with Crippen LogP contribution in [0.4, 0.5) is 17.6 Å². The van der Waals surface area contributed by atoms with Crippen LogP contribution in [0.2, 0.25) is 18.1 Å². The smallest absolute Gasteiger partial charge is 0.406 e. The summed E-state index contributed by atoms with van der Waals surface area (Å²) in [5.74, 6) is -0.218. The molecule has 0 spiro atoms. The second-order valence-electron chi connectivity index (χ2n) is 7.79. The summed E-state index contributed by atoms with van der Waals surface area (Å²) in [6.45, 7) is 2.23. The Bertz CT molecular complexity index is 780. The summed E-state index contributed by atoms with van der Waals surface area (Å²) in [6, 6.07) is 14.7. The second kappa shape index (κ2) is 9.79. The number of rotatable bonds is 7. The highest BCUT2D eigenvalue weighted by Gasteiger charge is 2.31. The lowest BCUT2D eigenvalue weighted by Crippen LogP contribution is -2.20. The van der Waals surface area contributed by atoms with Gasteiger partial charge in [-0.05, 0) is 48.1 Å². The highest BCUT2D eigenvalue weighted by Crippen LogP contribution is 2.37. The molecule has 0 unspecified atom stereocenters. The summed E-state index contributed by atoms with van der Waals surface area (Å²) in [6.07, 6.45) is 1.50. The Balaban J connectivity index is 1.62. The van der Waals surface area contributed by atoms with E-state index in [9.17, 15) is 17.6 Å². The molecule has 2 aromatic carbocycles. The maximum absolute atomic E-state index is 14.7. The maximum Gasteiger partial charge on any atom is 0.573 e. The molecular weight excluding hydrogens is 396 g/mol. The van der Waals surface area contributed by atoms with Gasteiger partial charge < -0.3 is 4.74 Å². The molecule has 1 heterocycles. The van der Waals surface area contributed by atoms with E-state index in [1.807, 2.05) is 6.07 Å². The zero-order valence-corrected chi connectivity index (χ0v) is 17.7. The van der Waals surface area contributed by atoms with E-state index in [0.717, 1.165) is 18.4 Å². The zero-order chi connectivity index (χ0) is 20.9. The minimum Gasteiger partial charge on any atom is -0.406 e. The van der Waals surface area contributed by atoms with Crippen molar-refractivity contribution in [3.05, 3.63) is 53.8 Å². The van der Waals surface area contributed by atoms with Crippen molar-refractivity contribution in [3.8, 4) is 16.9 Å². The van der Waals surface area contributed by atoms with Gasteiger partial charge in [0.1, 0.15) is 11.6 Å². The highest BCUT2D eigenvalue weighted by atomic mass is 28.3. The number of alkyl halides is 3. The fourth-order valence-electron chi connectivity index (χ4n) is 4.09. The van der Waals surface area contributed by atoms with Gasteiger partial charge in [-0.15, -0.1) is 13.2 Å². The van der Waals surface area contributed by atoms with Crippen molar-refractivity contribution in [2.75, 3.05) is 0 Å². The van der Waals surface area contributed by atoms with Gasteiger partial charge in [0.05, 0.1) is 0 Å². The summed E-state index contributed by atoms with van der Waals surface area (Å²) < 4.78 is 55.4. The highest BCUT2D eigenvalue weighted by molar-refractivity contribution is 6.59. The number of benzene rings is 2. The summed E-state index contributed by atoms with van der Waals surface area (Å²) in [4.78, 5) is 0. The first-order chi connectivity index (χ1) is 13.9. The van der Waals surface area contributed by atoms with Gasteiger partial charge in [-0.1, -0.05) is 68.6 Å². The number of hydrogen-bond acceptors (Lipinski definition) is 1. The van der Waals surface area contributed by atoms with Crippen LogP contribution in [0, 0.1) is 5.82 Å². The maximum atomic E-state index is 14.7. The van der Waals surface area contributed by atoms with Gasteiger partial charge in [-0.2, -0.15) is 0 Å². The van der Waals surface area contributed by atoms with Crippen LogP contribution in [0.15, 0.2) is 42.5 Å². The Labute approximate surface area is 171 Å². The van der Waals surface area contributed by atoms with Crippen molar-refractivity contribution < 1.29 is 22.3 Å². The number of ether oxygens (including phenoxy) is 1. The van der Waals surface area contributed by atoms with Crippen LogP contribution in [0.1, 0.15) is 50.5 Å². The normalized spacial score (nSPS) is 16.2. The molecule has 6 heteroatoms. The minimum absolute atomic E-state index is 0.223. The molecule has 1 fully saturated rings. The van der Waals surface area contributed by atoms with Crippen molar-refractivity contribution in [3.63, 3.8) is 0 Å². The largest absolute Gasteiger partial charge is 0.573 e. The van der Waals surface area contributed by atoms with E-state index < -0.39 is 6.36 Å². The van der Waals surface area contributed by atoms with Gasteiger partial charge in [0.15, 0.2) is 0 Å². The van der Waals surface area contributed by atoms with Crippen LogP contribution in [0.25, 0.3) is 11.1 Å². The van der Waals surface area contributed by atoms with Crippen molar-refractivity contribution in [1.29, 1.82) is 0 Å². The van der Waals surface area contributed by atoms with E-state index in [0.29, 0.717) is 17.0 Å². The number of unbranched alkanes of at least 4 members (excludes halogenated alkanes) is 2. The molecule has 3 rings (SSSR count). The molecule has 1 nitrogen and oxygen atoms in total. The molecule has 1 radical (unpaired) electrons. The van der Waals surface area contributed by atoms with Crippen LogP contribution < -0.4 is 4.74 Å². The van der Waals surface area contributed by atoms with E-state index in [1.165, 1.54) is 61.7 Å². The molecular formula is C23H27F4OSi. The lowest BCUT2D eigenvalue weighted by atomic mass is 9.91. The summed E-state index contributed by atoms with van der Waals surface area (Å²) in [7, 11) is -0.223. The Kier molecular flexibility index (Phi) is 7.38. The van der Waals surface area contributed by atoms with Gasteiger partial charge in [0.25, 0.3) is 0 Å². The van der Waals surface area contributed by atoms with Gasteiger partial charge in [0.2, 0.25) is 0 Å². The molecule has 1 aliphatic rings. The fraction of sp³-hybridized carbons (Fsp3) is 0.478. The first-order valence-corrected chi connectivity index (χ1v) is 12.5. The van der Waals surface area contributed by atoms with Crippen molar-refractivity contribution >= 4 is 8.80 Å². The lowest BCUT2D eigenvalue weighted by Gasteiger charge is -2.28. The Morgan fingerprint density at radius 1 is 1.00 bits per heavy atom. The molecule has 1 saturated heterocycles. The molecule has 2 aromatic rings. The topological polar surface area (TPSA) is 9.23 Å². The molecule has 0 atom stereocenters. The molecule has 1 aliphatic heterocycles. The minimum atomic E-state index is -4.73. The number of hydrogen-bond donors (Lipinski definition) is 0. The predicted molar refractivity (Wildman–Crippen MR) is 110 cm³/mol. The third-order valence-corrected chi connectivity index (χ3v) is 8.74. The molecule has 29 heavy (non-hydrogen) atoms. The van der Waals surface area contributed by atoms with Crippen LogP contribution >= 0.6 is 0 Å². The number of halogens is 4. The second-order valence-corrected chi connectivity index (χ2v) is 10.8. The van der Waals surface area contributed by atoms with Gasteiger partial charge in [0, 0.05) is 14.4 Å². The molecule has 0 saturated carbocycles. The molecule has 0 bridgehead atoms. The quantitative estimate of drug-likeness (QED) is 0.249. The van der Waals surface area contributed by atoms with Crippen LogP contribution in [-0.4, -0.2) is 15.2 Å². The Morgan fingerprint density at radius 2 is 1.69 bits per heavy atom. The van der Waals surface area contributed by atoms with Gasteiger partial charge >= 0.3 is 6.36 Å². The molecule has 0 aliphatic carbocycles. The van der Waals surface area contributed by atoms with Crippen molar-refractivity contribution in [1.82, 2.24) is 0 Å². The van der Waals surface area contributed by atoms with E-state index in [1.54, 1.807) is 12.1 Å². The fourth-order valence-corrected chi connectivity index (χ4v) is 7.10. The lowest BCUT2D eigenvalue weighted by molar-refractivity contribution is -0.274. The Morgan fingerprint density at radius 3 is 2.28 bits per heavy atom. The third-order valence-electron chi connectivity index (χ3n) is 5.69.